The summed E-state index contributed by atoms with van der Waals surface area (Å²) in [5, 5.41) is 4.48. The first-order valence-corrected chi connectivity index (χ1v) is 7.34. The Labute approximate surface area is 116 Å². The Hall–Kier alpha value is -0.530. The van der Waals surface area contributed by atoms with E-state index in [1.54, 1.807) is 0 Å². The lowest BCUT2D eigenvalue weighted by atomic mass is 9.88. The molecule has 0 spiro atoms. The molecule has 1 nitrogen and oxygen atoms in total. The molecule has 1 aromatic carbocycles. The molecule has 0 aliphatic heterocycles. The van der Waals surface area contributed by atoms with Gasteiger partial charge in [-0.3, -0.25) is 0 Å². The van der Waals surface area contributed by atoms with Crippen LogP contribution >= 0.6 is 11.6 Å². The van der Waals surface area contributed by atoms with Crippen molar-refractivity contribution in [1.29, 1.82) is 0 Å². The van der Waals surface area contributed by atoms with Crippen LogP contribution in [0, 0.1) is 5.92 Å². The Morgan fingerprint density at radius 3 is 2.44 bits per heavy atom. The summed E-state index contributed by atoms with van der Waals surface area (Å²) in [5.41, 5.74) is 1.67. The maximum Gasteiger partial charge on any atom is 0.0406 e. The van der Waals surface area contributed by atoms with Crippen molar-refractivity contribution in [1.82, 2.24) is 5.32 Å². The van der Waals surface area contributed by atoms with Gasteiger partial charge in [-0.15, -0.1) is 0 Å². The minimum absolute atomic E-state index is 0.215. The SMILES string of the molecule is CC(C)(C)NCC1CCCC1c1ccc(Cl)cc1. The summed E-state index contributed by atoms with van der Waals surface area (Å²) < 4.78 is 0. The van der Waals surface area contributed by atoms with Crippen LogP contribution in [0.2, 0.25) is 5.02 Å². The Kier molecular flexibility index (Phi) is 4.34. The monoisotopic (exact) mass is 265 g/mol. The van der Waals surface area contributed by atoms with Crippen LogP contribution in [0.3, 0.4) is 0 Å². The Morgan fingerprint density at radius 1 is 1.17 bits per heavy atom. The standard InChI is InChI=1S/C16H24ClN/c1-16(2,3)18-11-13-5-4-6-15(13)12-7-9-14(17)10-8-12/h7-10,13,15,18H,4-6,11H2,1-3H3. The summed E-state index contributed by atoms with van der Waals surface area (Å²) in [5.74, 6) is 1.47. The van der Waals surface area contributed by atoms with E-state index in [1.165, 1.54) is 24.8 Å². The fraction of sp³-hybridized carbons (Fsp3) is 0.625. The van der Waals surface area contributed by atoms with Crippen molar-refractivity contribution in [3.05, 3.63) is 34.9 Å². The van der Waals surface area contributed by atoms with Gasteiger partial charge >= 0.3 is 0 Å². The highest BCUT2D eigenvalue weighted by molar-refractivity contribution is 6.30. The molecular weight excluding hydrogens is 242 g/mol. The topological polar surface area (TPSA) is 12.0 Å². The summed E-state index contributed by atoms with van der Waals surface area (Å²) in [4.78, 5) is 0. The van der Waals surface area contributed by atoms with Crippen molar-refractivity contribution in [2.24, 2.45) is 5.92 Å². The molecule has 1 N–H and O–H groups in total. The number of halogens is 1. The summed E-state index contributed by atoms with van der Waals surface area (Å²) in [6, 6.07) is 8.43. The van der Waals surface area contributed by atoms with Crippen LogP contribution in [0.1, 0.15) is 51.5 Å². The van der Waals surface area contributed by atoms with E-state index in [-0.39, 0.29) is 5.54 Å². The largest absolute Gasteiger partial charge is 0.312 e. The zero-order valence-corrected chi connectivity index (χ0v) is 12.4. The maximum atomic E-state index is 5.96. The van der Waals surface area contributed by atoms with Gasteiger partial charge in [-0.2, -0.15) is 0 Å². The highest BCUT2D eigenvalue weighted by Crippen LogP contribution is 2.39. The Bertz CT molecular complexity index is 377. The molecular formula is C16H24ClN. The molecule has 1 saturated carbocycles. The van der Waals surface area contributed by atoms with Crippen LogP contribution < -0.4 is 5.32 Å². The maximum absolute atomic E-state index is 5.96. The molecule has 0 saturated heterocycles. The summed E-state index contributed by atoms with van der Waals surface area (Å²) in [6.07, 6.45) is 4.01. The van der Waals surface area contributed by atoms with E-state index in [9.17, 15) is 0 Å². The molecule has 2 atom stereocenters. The van der Waals surface area contributed by atoms with E-state index >= 15 is 0 Å². The Balaban J connectivity index is 2.01. The third kappa shape index (κ3) is 3.73. The van der Waals surface area contributed by atoms with Crippen molar-refractivity contribution >= 4 is 11.6 Å². The van der Waals surface area contributed by atoms with E-state index in [2.05, 4.69) is 38.2 Å². The molecule has 1 aromatic rings. The molecule has 1 aliphatic rings. The van der Waals surface area contributed by atoms with E-state index in [0.29, 0.717) is 5.92 Å². The van der Waals surface area contributed by atoms with Crippen LogP contribution in [0.5, 0.6) is 0 Å². The van der Waals surface area contributed by atoms with Crippen molar-refractivity contribution in [3.8, 4) is 0 Å². The number of hydrogen-bond acceptors (Lipinski definition) is 1. The van der Waals surface area contributed by atoms with Crippen molar-refractivity contribution < 1.29 is 0 Å². The predicted octanol–water partition coefficient (Wildman–Crippen LogP) is 4.61. The van der Waals surface area contributed by atoms with Gasteiger partial charge in [-0.05, 0) is 69.7 Å². The molecule has 18 heavy (non-hydrogen) atoms. The van der Waals surface area contributed by atoms with E-state index in [1.807, 2.05) is 12.1 Å². The zero-order valence-electron chi connectivity index (χ0n) is 11.7. The first-order chi connectivity index (χ1) is 8.46. The van der Waals surface area contributed by atoms with E-state index < -0.39 is 0 Å². The molecule has 0 amide bonds. The molecule has 2 unspecified atom stereocenters. The average molecular weight is 266 g/mol. The first-order valence-electron chi connectivity index (χ1n) is 6.96. The van der Waals surface area contributed by atoms with Gasteiger partial charge in [0.15, 0.2) is 0 Å². The second-order valence-electron chi connectivity index (χ2n) is 6.48. The fourth-order valence-electron chi connectivity index (χ4n) is 2.87. The molecule has 0 bridgehead atoms. The van der Waals surface area contributed by atoms with Gasteiger partial charge in [0.05, 0.1) is 0 Å². The molecule has 2 heteroatoms. The van der Waals surface area contributed by atoms with Crippen LogP contribution in [0.25, 0.3) is 0 Å². The van der Waals surface area contributed by atoms with Gasteiger partial charge in [0.1, 0.15) is 0 Å². The number of nitrogens with one attached hydrogen (secondary N) is 1. The molecule has 1 fully saturated rings. The number of benzene rings is 1. The predicted molar refractivity (Wildman–Crippen MR) is 79.3 cm³/mol. The lowest BCUT2D eigenvalue weighted by molar-refractivity contribution is 0.356. The highest BCUT2D eigenvalue weighted by Gasteiger charge is 2.29. The van der Waals surface area contributed by atoms with Crippen molar-refractivity contribution in [2.75, 3.05) is 6.54 Å². The van der Waals surface area contributed by atoms with E-state index in [0.717, 1.165) is 17.5 Å². The molecule has 0 heterocycles. The summed E-state index contributed by atoms with van der Waals surface area (Å²) >= 11 is 5.96. The molecule has 0 aromatic heterocycles. The first kappa shape index (κ1) is 13.9. The van der Waals surface area contributed by atoms with Gasteiger partial charge in [0.2, 0.25) is 0 Å². The number of rotatable bonds is 3. The van der Waals surface area contributed by atoms with Gasteiger partial charge in [0.25, 0.3) is 0 Å². The van der Waals surface area contributed by atoms with Gasteiger partial charge in [0, 0.05) is 10.6 Å². The Morgan fingerprint density at radius 2 is 1.83 bits per heavy atom. The van der Waals surface area contributed by atoms with Gasteiger partial charge in [-0.1, -0.05) is 30.2 Å². The van der Waals surface area contributed by atoms with Crippen LogP contribution in [0.15, 0.2) is 24.3 Å². The summed E-state index contributed by atoms with van der Waals surface area (Å²) in [7, 11) is 0. The zero-order chi connectivity index (χ0) is 13.2. The van der Waals surface area contributed by atoms with Crippen LogP contribution in [-0.4, -0.2) is 12.1 Å². The summed E-state index contributed by atoms with van der Waals surface area (Å²) in [6.45, 7) is 7.83. The molecule has 2 rings (SSSR count). The quantitative estimate of drug-likeness (QED) is 0.841. The lowest BCUT2D eigenvalue weighted by Crippen LogP contribution is -2.39. The smallest absolute Gasteiger partial charge is 0.0406 e. The van der Waals surface area contributed by atoms with Crippen LogP contribution in [0.4, 0.5) is 0 Å². The van der Waals surface area contributed by atoms with E-state index in [4.69, 9.17) is 11.6 Å². The molecule has 0 radical (unpaired) electrons. The minimum Gasteiger partial charge on any atom is -0.312 e. The van der Waals surface area contributed by atoms with Crippen LogP contribution in [-0.2, 0) is 0 Å². The van der Waals surface area contributed by atoms with Gasteiger partial charge < -0.3 is 5.32 Å². The number of hydrogen-bond donors (Lipinski definition) is 1. The lowest BCUT2D eigenvalue weighted by Gasteiger charge is -2.26. The average Bonchev–Trinajstić information content (AvgIpc) is 2.75. The second kappa shape index (κ2) is 5.63. The van der Waals surface area contributed by atoms with Gasteiger partial charge in [-0.25, -0.2) is 0 Å². The third-order valence-corrected chi connectivity index (χ3v) is 4.10. The minimum atomic E-state index is 0.215. The van der Waals surface area contributed by atoms with Crippen molar-refractivity contribution in [2.45, 2.75) is 51.5 Å². The normalized spacial score (nSPS) is 24.4. The highest BCUT2D eigenvalue weighted by atomic mass is 35.5. The molecule has 1 aliphatic carbocycles. The fourth-order valence-corrected chi connectivity index (χ4v) is 2.99. The second-order valence-corrected chi connectivity index (χ2v) is 6.92. The third-order valence-electron chi connectivity index (χ3n) is 3.85. The molecule has 100 valence electrons. The van der Waals surface area contributed by atoms with Crippen molar-refractivity contribution in [3.63, 3.8) is 0 Å².